The van der Waals surface area contributed by atoms with Gasteiger partial charge in [0.2, 0.25) is 0 Å². The summed E-state index contributed by atoms with van der Waals surface area (Å²) in [5.74, 6) is 1.67. The summed E-state index contributed by atoms with van der Waals surface area (Å²) in [4.78, 5) is 6.60. The Kier molecular flexibility index (Phi) is 3.38. The Morgan fingerprint density at radius 3 is 3.00 bits per heavy atom. The maximum Gasteiger partial charge on any atom is 0.154 e. The minimum Gasteiger partial charge on any atom is -0.497 e. The molecule has 1 saturated heterocycles. The first-order chi connectivity index (χ1) is 11.2. The number of hydrogen-bond acceptors (Lipinski definition) is 5. The van der Waals surface area contributed by atoms with E-state index in [1.165, 1.54) is 0 Å². The van der Waals surface area contributed by atoms with E-state index in [4.69, 9.17) is 4.74 Å². The highest BCUT2D eigenvalue weighted by atomic mass is 16.5. The van der Waals surface area contributed by atoms with Gasteiger partial charge in [0.05, 0.1) is 18.9 Å². The van der Waals surface area contributed by atoms with Crippen LogP contribution in [0.5, 0.6) is 5.75 Å². The van der Waals surface area contributed by atoms with Crippen molar-refractivity contribution in [2.75, 3.05) is 25.1 Å². The first-order valence-corrected chi connectivity index (χ1v) is 7.66. The Balaban J connectivity index is 1.78. The predicted molar refractivity (Wildman–Crippen MR) is 87.8 cm³/mol. The van der Waals surface area contributed by atoms with Gasteiger partial charge in [0, 0.05) is 31.0 Å². The van der Waals surface area contributed by atoms with Crippen molar-refractivity contribution >= 4 is 11.3 Å². The van der Waals surface area contributed by atoms with E-state index in [2.05, 4.69) is 15.0 Å². The number of methoxy groups -OCH3 is 1. The molecule has 6 heteroatoms. The number of anilines is 1. The molecule has 1 fully saturated rings. The molecule has 2 aromatic heterocycles. The molecule has 0 amide bonds. The lowest BCUT2D eigenvalue weighted by molar-refractivity contribution is 0.198. The van der Waals surface area contributed by atoms with Gasteiger partial charge >= 0.3 is 0 Å². The topological polar surface area (TPSA) is 62.9 Å². The van der Waals surface area contributed by atoms with E-state index < -0.39 is 0 Å². The summed E-state index contributed by atoms with van der Waals surface area (Å²) < 4.78 is 7.12. The third-order valence-electron chi connectivity index (χ3n) is 4.20. The van der Waals surface area contributed by atoms with E-state index in [1.54, 1.807) is 13.3 Å². The van der Waals surface area contributed by atoms with Gasteiger partial charge in [0.15, 0.2) is 5.82 Å². The molecule has 6 nitrogen and oxygen atoms in total. The van der Waals surface area contributed by atoms with Crippen LogP contribution in [0.25, 0.3) is 16.8 Å². The van der Waals surface area contributed by atoms with E-state index in [-0.39, 0.29) is 6.10 Å². The normalized spacial score (nSPS) is 17.8. The minimum absolute atomic E-state index is 0.280. The van der Waals surface area contributed by atoms with Crippen molar-refractivity contribution in [3.05, 3.63) is 42.7 Å². The number of hydrogen-bond donors (Lipinski definition) is 1. The zero-order valence-corrected chi connectivity index (χ0v) is 12.9. The molecule has 4 rings (SSSR count). The van der Waals surface area contributed by atoms with E-state index in [0.717, 1.165) is 41.3 Å². The molecule has 1 aromatic carbocycles. The van der Waals surface area contributed by atoms with Gasteiger partial charge in [0.1, 0.15) is 11.3 Å². The molecule has 1 atom stereocenters. The summed E-state index contributed by atoms with van der Waals surface area (Å²) in [7, 11) is 1.66. The molecule has 23 heavy (non-hydrogen) atoms. The number of aromatic nitrogens is 3. The van der Waals surface area contributed by atoms with E-state index in [0.29, 0.717) is 6.54 Å². The summed E-state index contributed by atoms with van der Waals surface area (Å²) in [6.07, 6.45) is 4.09. The summed E-state index contributed by atoms with van der Waals surface area (Å²) in [5.41, 5.74) is 2.82. The van der Waals surface area contributed by atoms with Crippen LogP contribution in [0.3, 0.4) is 0 Å². The summed E-state index contributed by atoms with van der Waals surface area (Å²) >= 11 is 0. The van der Waals surface area contributed by atoms with Crippen LogP contribution in [0.15, 0.2) is 42.7 Å². The lowest BCUT2D eigenvalue weighted by atomic mass is 10.1. The second kappa shape index (κ2) is 5.55. The Morgan fingerprint density at radius 1 is 1.30 bits per heavy atom. The van der Waals surface area contributed by atoms with Crippen LogP contribution in [0.1, 0.15) is 6.42 Å². The second-order valence-corrected chi connectivity index (χ2v) is 5.73. The molecule has 3 heterocycles. The number of ether oxygens (including phenoxy) is 1. The third kappa shape index (κ3) is 2.51. The smallest absolute Gasteiger partial charge is 0.154 e. The molecule has 1 N–H and O–H groups in total. The quantitative estimate of drug-likeness (QED) is 0.801. The molecule has 118 valence electrons. The maximum atomic E-state index is 9.77. The second-order valence-electron chi connectivity index (χ2n) is 5.73. The van der Waals surface area contributed by atoms with Crippen molar-refractivity contribution in [3.8, 4) is 17.0 Å². The molecule has 3 aromatic rings. The van der Waals surface area contributed by atoms with Crippen molar-refractivity contribution in [1.82, 2.24) is 14.6 Å². The number of aliphatic hydroxyl groups excluding tert-OH is 1. The number of rotatable bonds is 3. The molecule has 1 aliphatic rings. The summed E-state index contributed by atoms with van der Waals surface area (Å²) in [6.45, 7) is 1.43. The fourth-order valence-electron chi connectivity index (χ4n) is 3.01. The van der Waals surface area contributed by atoms with E-state index in [1.807, 2.05) is 41.0 Å². The van der Waals surface area contributed by atoms with Crippen LogP contribution in [0.4, 0.5) is 5.82 Å². The molecular weight excluding hydrogens is 292 g/mol. The number of nitrogens with zero attached hydrogens (tertiary/aromatic N) is 4. The molecule has 0 bridgehead atoms. The fraction of sp³-hybridized carbons (Fsp3) is 0.294. The average Bonchev–Trinajstić information content (AvgIpc) is 3.20. The largest absolute Gasteiger partial charge is 0.497 e. The van der Waals surface area contributed by atoms with Crippen LogP contribution in [-0.4, -0.2) is 46.0 Å². The monoisotopic (exact) mass is 310 g/mol. The lowest BCUT2D eigenvalue weighted by Crippen LogP contribution is -2.22. The summed E-state index contributed by atoms with van der Waals surface area (Å²) in [5, 5.41) is 14.4. The highest BCUT2D eigenvalue weighted by molar-refractivity contribution is 5.75. The molecular formula is C17H18N4O2. The van der Waals surface area contributed by atoms with Crippen LogP contribution >= 0.6 is 0 Å². The van der Waals surface area contributed by atoms with Gasteiger partial charge in [-0.25, -0.2) is 9.50 Å². The van der Waals surface area contributed by atoms with Crippen molar-refractivity contribution < 1.29 is 9.84 Å². The van der Waals surface area contributed by atoms with Crippen molar-refractivity contribution in [3.63, 3.8) is 0 Å². The molecule has 1 aliphatic heterocycles. The molecule has 1 unspecified atom stereocenters. The summed E-state index contributed by atoms with van der Waals surface area (Å²) in [6, 6.07) is 9.87. The number of fused-ring (bicyclic) bond motifs is 1. The van der Waals surface area contributed by atoms with Gasteiger partial charge in [-0.05, 0) is 24.6 Å². The standard InChI is InChI=1S/C17H18N4O2/c1-23-14-4-2-3-12(9-14)15-10-16-17(18-6-8-21(16)19-15)20-7-5-13(22)11-20/h2-4,6,8-10,13,22H,5,7,11H2,1H3. The zero-order chi connectivity index (χ0) is 15.8. The highest BCUT2D eigenvalue weighted by Gasteiger charge is 2.23. The third-order valence-corrected chi connectivity index (χ3v) is 4.20. The fourth-order valence-corrected chi connectivity index (χ4v) is 3.01. The van der Waals surface area contributed by atoms with Crippen molar-refractivity contribution in [1.29, 1.82) is 0 Å². The first-order valence-electron chi connectivity index (χ1n) is 7.66. The first kappa shape index (κ1) is 14.0. The number of β-amino-alcohol motifs (C(OH)–C–C–N with tert-alkyl or cyclic N) is 1. The van der Waals surface area contributed by atoms with Gasteiger partial charge in [0.25, 0.3) is 0 Å². The molecule has 0 radical (unpaired) electrons. The van der Waals surface area contributed by atoms with Gasteiger partial charge in [-0.2, -0.15) is 5.10 Å². The van der Waals surface area contributed by atoms with E-state index in [9.17, 15) is 5.11 Å². The predicted octanol–water partition coefficient (Wildman–Crippen LogP) is 1.98. The van der Waals surface area contributed by atoms with Crippen molar-refractivity contribution in [2.24, 2.45) is 0 Å². The van der Waals surface area contributed by atoms with Crippen LogP contribution in [0.2, 0.25) is 0 Å². The molecule has 0 spiro atoms. The van der Waals surface area contributed by atoms with Gasteiger partial charge in [-0.1, -0.05) is 12.1 Å². The van der Waals surface area contributed by atoms with Crippen molar-refractivity contribution in [2.45, 2.75) is 12.5 Å². The van der Waals surface area contributed by atoms with Gasteiger partial charge in [-0.3, -0.25) is 0 Å². The van der Waals surface area contributed by atoms with Crippen LogP contribution in [0, 0.1) is 0 Å². The van der Waals surface area contributed by atoms with Gasteiger partial charge < -0.3 is 14.7 Å². The Morgan fingerprint density at radius 2 is 2.22 bits per heavy atom. The van der Waals surface area contributed by atoms with Gasteiger partial charge in [-0.15, -0.1) is 0 Å². The average molecular weight is 310 g/mol. The lowest BCUT2D eigenvalue weighted by Gasteiger charge is -2.16. The molecule has 0 aliphatic carbocycles. The van der Waals surface area contributed by atoms with E-state index >= 15 is 0 Å². The maximum absolute atomic E-state index is 9.77. The van der Waals surface area contributed by atoms with Crippen LogP contribution in [-0.2, 0) is 0 Å². The molecule has 0 saturated carbocycles. The minimum atomic E-state index is -0.280. The zero-order valence-electron chi connectivity index (χ0n) is 12.9. The SMILES string of the molecule is COc1cccc(-c2cc3c(N4CCC(O)C4)nccn3n2)c1. The van der Waals surface area contributed by atoms with Crippen LogP contribution < -0.4 is 9.64 Å². The number of aliphatic hydroxyl groups is 1. The number of benzene rings is 1. The Labute approximate surface area is 134 Å². The Hall–Kier alpha value is -2.60. The highest BCUT2D eigenvalue weighted by Crippen LogP contribution is 2.28. The Bertz CT molecular complexity index is 845.